The minimum absolute atomic E-state index is 0.0626. The highest BCUT2D eigenvalue weighted by molar-refractivity contribution is 5.90. The third-order valence-electron chi connectivity index (χ3n) is 2.31. The molecular weight excluding hydrogens is 206 g/mol. The number of rotatable bonds is 5. The molecule has 1 aromatic rings. The highest BCUT2D eigenvalue weighted by Gasteiger charge is 2.11. The lowest BCUT2D eigenvalue weighted by molar-refractivity contribution is -0.116. The van der Waals surface area contributed by atoms with Crippen LogP contribution in [0.4, 0.5) is 5.88 Å². The third-order valence-corrected chi connectivity index (χ3v) is 2.31. The summed E-state index contributed by atoms with van der Waals surface area (Å²) in [6, 6.07) is 0.391. The zero-order valence-corrected chi connectivity index (χ0v) is 10.3. The van der Waals surface area contributed by atoms with Crippen molar-refractivity contribution in [2.75, 3.05) is 11.9 Å². The lowest BCUT2D eigenvalue weighted by Gasteiger charge is -2.07. The molecule has 16 heavy (non-hydrogen) atoms. The number of aromatic nitrogens is 1. The fourth-order valence-corrected chi connectivity index (χ4v) is 1.20. The molecule has 1 heterocycles. The van der Waals surface area contributed by atoms with Crippen molar-refractivity contribution >= 4 is 11.8 Å². The standard InChI is InChI=1S/C11H19N3O2/c1-7(2)12-6-5-10(15)13-11-8(3)9(4)14-16-11/h7,12H,5-6H2,1-4H3,(H,13,15). The molecular formula is C11H19N3O2. The number of aryl methyl sites for hydroxylation is 1. The van der Waals surface area contributed by atoms with E-state index in [-0.39, 0.29) is 5.91 Å². The summed E-state index contributed by atoms with van der Waals surface area (Å²) in [5.74, 6) is 0.388. The van der Waals surface area contributed by atoms with Gasteiger partial charge in [-0.3, -0.25) is 10.1 Å². The van der Waals surface area contributed by atoms with Crippen LogP contribution in [0.15, 0.2) is 4.52 Å². The van der Waals surface area contributed by atoms with Gasteiger partial charge < -0.3 is 9.84 Å². The number of hydrogen-bond acceptors (Lipinski definition) is 4. The SMILES string of the molecule is Cc1noc(NC(=O)CCNC(C)C)c1C. The average Bonchev–Trinajstić information content (AvgIpc) is 2.49. The maximum absolute atomic E-state index is 11.5. The van der Waals surface area contributed by atoms with Crippen molar-refractivity contribution in [3.63, 3.8) is 0 Å². The van der Waals surface area contributed by atoms with Gasteiger partial charge in [0.2, 0.25) is 11.8 Å². The largest absolute Gasteiger partial charge is 0.338 e. The minimum Gasteiger partial charge on any atom is -0.338 e. The molecule has 0 bridgehead atoms. The minimum atomic E-state index is -0.0626. The van der Waals surface area contributed by atoms with Gasteiger partial charge in [0.25, 0.3) is 0 Å². The van der Waals surface area contributed by atoms with Crippen molar-refractivity contribution in [2.45, 2.75) is 40.2 Å². The number of amides is 1. The normalized spacial score (nSPS) is 10.8. The summed E-state index contributed by atoms with van der Waals surface area (Å²) in [7, 11) is 0. The summed E-state index contributed by atoms with van der Waals surface area (Å²) in [5, 5.41) is 9.64. The second-order valence-electron chi connectivity index (χ2n) is 4.13. The van der Waals surface area contributed by atoms with E-state index in [0.717, 1.165) is 11.3 Å². The molecule has 1 rings (SSSR count). The van der Waals surface area contributed by atoms with Crippen LogP contribution < -0.4 is 10.6 Å². The van der Waals surface area contributed by atoms with Crippen LogP contribution in [-0.4, -0.2) is 23.7 Å². The number of carbonyl (C=O) groups excluding carboxylic acids is 1. The zero-order chi connectivity index (χ0) is 12.1. The molecule has 0 spiro atoms. The summed E-state index contributed by atoms with van der Waals surface area (Å²) in [5.41, 5.74) is 1.68. The Morgan fingerprint density at radius 2 is 2.12 bits per heavy atom. The second kappa shape index (κ2) is 5.65. The van der Waals surface area contributed by atoms with Crippen LogP contribution in [-0.2, 0) is 4.79 Å². The maximum atomic E-state index is 11.5. The van der Waals surface area contributed by atoms with E-state index in [2.05, 4.69) is 15.8 Å². The van der Waals surface area contributed by atoms with Crippen LogP contribution in [0.2, 0.25) is 0 Å². The van der Waals surface area contributed by atoms with Gasteiger partial charge in [0.05, 0.1) is 5.69 Å². The summed E-state index contributed by atoms with van der Waals surface area (Å²) < 4.78 is 4.99. The number of nitrogens with one attached hydrogen (secondary N) is 2. The molecule has 0 aliphatic heterocycles. The molecule has 5 heteroatoms. The molecule has 90 valence electrons. The van der Waals surface area contributed by atoms with E-state index in [1.807, 2.05) is 27.7 Å². The third kappa shape index (κ3) is 3.66. The van der Waals surface area contributed by atoms with Crippen LogP contribution in [0.3, 0.4) is 0 Å². The van der Waals surface area contributed by atoms with Crippen LogP contribution in [0.5, 0.6) is 0 Å². The van der Waals surface area contributed by atoms with Crippen molar-refractivity contribution in [1.29, 1.82) is 0 Å². The predicted molar refractivity (Wildman–Crippen MR) is 62.4 cm³/mol. The Hall–Kier alpha value is -1.36. The van der Waals surface area contributed by atoms with E-state index in [1.54, 1.807) is 0 Å². The highest BCUT2D eigenvalue weighted by Crippen LogP contribution is 2.17. The lowest BCUT2D eigenvalue weighted by atomic mass is 10.3. The van der Waals surface area contributed by atoms with Crippen LogP contribution >= 0.6 is 0 Å². The number of hydrogen-bond donors (Lipinski definition) is 2. The Balaban J connectivity index is 2.37. The molecule has 0 saturated heterocycles. The molecule has 0 aliphatic rings. The van der Waals surface area contributed by atoms with E-state index >= 15 is 0 Å². The topological polar surface area (TPSA) is 67.2 Å². The van der Waals surface area contributed by atoms with E-state index in [9.17, 15) is 4.79 Å². The summed E-state index contributed by atoms with van der Waals surface area (Å²) in [4.78, 5) is 11.5. The van der Waals surface area contributed by atoms with Crippen molar-refractivity contribution in [3.8, 4) is 0 Å². The molecule has 1 aromatic heterocycles. The van der Waals surface area contributed by atoms with Crippen molar-refractivity contribution in [2.24, 2.45) is 0 Å². The van der Waals surface area contributed by atoms with Gasteiger partial charge in [0.1, 0.15) is 0 Å². The second-order valence-corrected chi connectivity index (χ2v) is 4.13. The van der Waals surface area contributed by atoms with Gasteiger partial charge in [0, 0.05) is 24.6 Å². The first-order valence-corrected chi connectivity index (χ1v) is 5.46. The first-order chi connectivity index (χ1) is 7.50. The molecule has 2 N–H and O–H groups in total. The Kier molecular flexibility index (Phi) is 4.49. The molecule has 0 unspecified atom stereocenters. The summed E-state index contributed by atoms with van der Waals surface area (Å²) in [6.45, 7) is 8.46. The fourth-order valence-electron chi connectivity index (χ4n) is 1.20. The maximum Gasteiger partial charge on any atom is 0.234 e. The van der Waals surface area contributed by atoms with Gasteiger partial charge in [-0.05, 0) is 13.8 Å². The zero-order valence-electron chi connectivity index (χ0n) is 10.3. The van der Waals surface area contributed by atoms with Crippen molar-refractivity contribution in [3.05, 3.63) is 11.3 Å². The number of carbonyl (C=O) groups is 1. The molecule has 0 fully saturated rings. The average molecular weight is 225 g/mol. The molecule has 0 aromatic carbocycles. The number of anilines is 1. The molecule has 0 aliphatic carbocycles. The van der Waals surface area contributed by atoms with E-state index in [0.29, 0.717) is 24.9 Å². The van der Waals surface area contributed by atoms with Crippen LogP contribution in [0.1, 0.15) is 31.5 Å². The van der Waals surface area contributed by atoms with Crippen LogP contribution in [0, 0.1) is 13.8 Å². The lowest BCUT2D eigenvalue weighted by Crippen LogP contribution is -2.27. The Morgan fingerprint density at radius 1 is 1.44 bits per heavy atom. The molecule has 5 nitrogen and oxygen atoms in total. The van der Waals surface area contributed by atoms with Crippen LogP contribution in [0.25, 0.3) is 0 Å². The Labute approximate surface area is 95.6 Å². The number of nitrogens with zero attached hydrogens (tertiary/aromatic N) is 1. The summed E-state index contributed by atoms with van der Waals surface area (Å²) >= 11 is 0. The Morgan fingerprint density at radius 3 is 2.62 bits per heavy atom. The van der Waals surface area contributed by atoms with Crippen molar-refractivity contribution in [1.82, 2.24) is 10.5 Å². The predicted octanol–water partition coefficient (Wildman–Crippen LogP) is 1.62. The highest BCUT2D eigenvalue weighted by atomic mass is 16.5. The first-order valence-electron chi connectivity index (χ1n) is 5.46. The monoisotopic (exact) mass is 225 g/mol. The van der Waals surface area contributed by atoms with Gasteiger partial charge in [-0.1, -0.05) is 19.0 Å². The molecule has 0 atom stereocenters. The Bertz CT molecular complexity index is 358. The van der Waals surface area contributed by atoms with Gasteiger partial charge in [-0.25, -0.2) is 0 Å². The summed E-state index contributed by atoms with van der Waals surface area (Å²) in [6.07, 6.45) is 0.428. The quantitative estimate of drug-likeness (QED) is 0.799. The molecule has 0 radical (unpaired) electrons. The van der Waals surface area contributed by atoms with Gasteiger partial charge in [-0.2, -0.15) is 0 Å². The molecule has 0 saturated carbocycles. The van der Waals surface area contributed by atoms with Gasteiger partial charge in [0.15, 0.2) is 0 Å². The van der Waals surface area contributed by atoms with Gasteiger partial charge in [-0.15, -0.1) is 0 Å². The van der Waals surface area contributed by atoms with E-state index in [4.69, 9.17) is 4.52 Å². The first kappa shape index (κ1) is 12.7. The van der Waals surface area contributed by atoms with Crippen molar-refractivity contribution < 1.29 is 9.32 Å². The molecule has 1 amide bonds. The fraction of sp³-hybridized carbons (Fsp3) is 0.636. The smallest absolute Gasteiger partial charge is 0.234 e. The van der Waals surface area contributed by atoms with Gasteiger partial charge >= 0.3 is 0 Å². The van der Waals surface area contributed by atoms with E-state index < -0.39 is 0 Å². The van der Waals surface area contributed by atoms with E-state index in [1.165, 1.54) is 0 Å².